The molecule has 2 aromatic heterocycles. The predicted molar refractivity (Wildman–Crippen MR) is 159 cm³/mol. The SMILES string of the molecule is CCOC(=O)c1cnc2ccc(C3CCCC3)cc2c1OC(=O)c1cn(CC)c2ccc(C3CCCC3)cc2c1=O. The molecule has 212 valence electrons. The molecule has 0 atom stereocenters. The molecule has 0 N–H and O–H groups in total. The third-order valence-electron chi connectivity index (χ3n) is 8.85. The van der Waals surface area contributed by atoms with Gasteiger partial charge in [-0.15, -0.1) is 0 Å². The standard InChI is InChI=1S/C34H36N2O5/c1-3-36-20-28(31(37)26-18-24(14-16-30(26)36)22-11-7-8-12-22)34(39)41-32-25-17-23(21-9-5-6-10-21)13-15-29(25)35-19-27(32)33(38)40-4-2/h13-22H,3-12H2,1-2H3. The lowest BCUT2D eigenvalue weighted by Crippen LogP contribution is -2.23. The Hall–Kier alpha value is -4.00. The van der Waals surface area contributed by atoms with E-state index in [2.05, 4.69) is 17.1 Å². The van der Waals surface area contributed by atoms with Crippen LogP contribution in [0, 0.1) is 0 Å². The zero-order chi connectivity index (χ0) is 28.5. The van der Waals surface area contributed by atoms with E-state index in [-0.39, 0.29) is 28.9 Å². The number of hydrogen-bond acceptors (Lipinski definition) is 6. The zero-order valence-electron chi connectivity index (χ0n) is 23.8. The summed E-state index contributed by atoms with van der Waals surface area (Å²) in [5.74, 6) is -0.480. The number of benzene rings is 2. The van der Waals surface area contributed by atoms with E-state index in [4.69, 9.17) is 9.47 Å². The van der Waals surface area contributed by atoms with Crippen LogP contribution in [0.5, 0.6) is 5.75 Å². The highest BCUT2D eigenvalue weighted by atomic mass is 16.5. The smallest absolute Gasteiger partial charge is 0.349 e. The summed E-state index contributed by atoms with van der Waals surface area (Å²) in [6, 6.07) is 12.0. The van der Waals surface area contributed by atoms with Crippen LogP contribution < -0.4 is 10.2 Å². The number of aromatic nitrogens is 2. The third-order valence-corrected chi connectivity index (χ3v) is 8.85. The summed E-state index contributed by atoms with van der Waals surface area (Å²) in [6.07, 6.45) is 12.1. The fraction of sp³-hybridized carbons (Fsp3) is 0.412. The molecule has 0 radical (unpaired) electrons. The van der Waals surface area contributed by atoms with E-state index in [1.54, 1.807) is 13.1 Å². The van der Waals surface area contributed by atoms with E-state index in [1.807, 2.05) is 35.8 Å². The van der Waals surface area contributed by atoms with E-state index >= 15 is 0 Å². The van der Waals surface area contributed by atoms with Crippen molar-refractivity contribution in [2.45, 2.75) is 83.6 Å². The van der Waals surface area contributed by atoms with Crippen molar-refractivity contribution in [3.05, 3.63) is 81.3 Å². The first-order chi connectivity index (χ1) is 20.0. The average Bonchev–Trinajstić information content (AvgIpc) is 3.73. The number of ether oxygens (including phenoxy) is 2. The Morgan fingerprint density at radius 1 is 0.854 bits per heavy atom. The summed E-state index contributed by atoms with van der Waals surface area (Å²) in [7, 11) is 0. The molecule has 2 aliphatic rings. The lowest BCUT2D eigenvalue weighted by Gasteiger charge is -2.16. The Labute approximate surface area is 239 Å². The van der Waals surface area contributed by atoms with Gasteiger partial charge in [0.1, 0.15) is 11.1 Å². The van der Waals surface area contributed by atoms with Gasteiger partial charge in [0.25, 0.3) is 0 Å². The number of carbonyl (C=O) groups excluding carboxylic acids is 2. The van der Waals surface area contributed by atoms with Gasteiger partial charge < -0.3 is 14.0 Å². The molecule has 0 spiro atoms. The molecule has 2 fully saturated rings. The summed E-state index contributed by atoms with van der Waals surface area (Å²) >= 11 is 0. The largest absolute Gasteiger partial charge is 0.462 e. The maximum absolute atomic E-state index is 13.8. The van der Waals surface area contributed by atoms with Crippen LogP contribution >= 0.6 is 0 Å². The molecule has 2 aliphatic carbocycles. The number of nitrogens with zero attached hydrogens (tertiary/aromatic N) is 2. The Morgan fingerprint density at radius 3 is 2.12 bits per heavy atom. The van der Waals surface area contributed by atoms with Crippen molar-refractivity contribution in [3.63, 3.8) is 0 Å². The fourth-order valence-corrected chi connectivity index (χ4v) is 6.65. The Balaban J connectivity index is 1.46. The molecule has 0 bridgehead atoms. The van der Waals surface area contributed by atoms with Crippen molar-refractivity contribution in [2.75, 3.05) is 6.61 Å². The van der Waals surface area contributed by atoms with Crippen LogP contribution in [0.25, 0.3) is 21.8 Å². The lowest BCUT2D eigenvalue weighted by molar-refractivity contribution is 0.0520. The fourth-order valence-electron chi connectivity index (χ4n) is 6.65. The Kier molecular flexibility index (Phi) is 7.61. The van der Waals surface area contributed by atoms with Crippen molar-refractivity contribution < 1.29 is 19.1 Å². The third kappa shape index (κ3) is 5.14. The molecule has 0 saturated heterocycles. The van der Waals surface area contributed by atoms with Gasteiger partial charge in [0.2, 0.25) is 5.43 Å². The van der Waals surface area contributed by atoms with Crippen LogP contribution in [0.3, 0.4) is 0 Å². The molecule has 0 aliphatic heterocycles. The Morgan fingerprint density at radius 2 is 1.49 bits per heavy atom. The van der Waals surface area contributed by atoms with Crippen LogP contribution in [0.2, 0.25) is 0 Å². The van der Waals surface area contributed by atoms with Gasteiger partial charge in [0, 0.05) is 29.7 Å². The molecular formula is C34H36N2O5. The first-order valence-electron chi connectivity index (χ1n) is 15.0. The van der Waals surface area contributed by atoms with E-state index in [0.717, 1.165) is 42.3 Å². The van der Waals surface area contributed by atoms with Crippen LogP contribution in [0.15, 0.2) is 53.6 Å². The Bertz CT molecular complexity index is 1690. The normalized spacial score (nSPS) is 16.0. The summed E-state index contributed by atoms with van der Waals surface area (Å²) in [5.41, 5.74) is 3.31. The summed E-state index contributed by atoms with van der Waals surface area (Å²) in [5, 5.41) is 1.08. The molecule has 2 saturated carbocycles. The number of aryl methyl sites for hydroxylation is 1. The lowest BCUT2D eigenvalue weighted by atomic mass is 9.95. The zero-order valence-corrected chi connectivity index (χ0v) is 23.8. The van der Waals surface area contributed by atoms with Crippen molar-refractivity contribution in [1.29, 1.82) is 0 Å². The molecule has 2 aromatic carbocycles. The predicted octanol–water partition coefficient (Wildman–Crippen LogP) is 7.28. The highest BCUT2D eigenvalue weighted by Gasteiger charge is 2.26. The average molecular weight is 553 g/mol. The number of rotatable bonds is 7. The highest BCUT2D eigenvalue weighted by Crippen LogP contribution is 2.38. The van der Waals surface area contributed by atoms with Gasteiger partial charge in [-0.1, -0.05) is 37.8 Å². The van der Waals surface area contributed by atoms with Gasteiger partial charge in [-0.3, -0.25) is 9.78 Å². The quantitative estimate of drug-likeness (QED) is 0.224. The first kappa shape index (κ1) is 27.2. The van der Waals surface area contributed by atoms with Crippen molar-refractivity contribution in [3.8, 4) is 5.75 Å². The van der Waals surface area contributed by atoms with Gasteiger partial charge >= 0.3 is 11.9 Å². The molecule has 2 heterocycles. The van der Waals surface area contributed by atoms with Gasteiger partial charge in [0.05, 0.1) is 17.6 Å². The van der Waals surface area contributed by atoms with Gasteiger partial charge in [0.15, 0.2) is 5.75 Å². The molecule has 7 heteroatoms. The molecule has 6 rings (SSSR count). The topological polar surface area (TPSA) is 87.5 Å². The number of hydrogen-bond donors (Lipinski definition) is 0. The number of pyridine rings is 2. The molecule has 0 amide bonds. The summed E-state index contributed by atoms with van der Waals surface area (Å²) < 4.78 is 13.2. The highest BCUT2D eigenvalue weighted by molar-refractivity contribution is 6.03. The minimum atomic E-state index is -0.797. The van der Waals surface area contributed by atoms with E-state index in [1.165, 1.54) is 31.9 Å². The second-order valence-corrected chi connectivity index (χ2v) is 11.3. The number of carbonyl (C=O) groups is 2. The van der Waals surface area contributed by atoms with Gasteiger partial charge in [-0.25, -0.2) is 9.59 Å². The van der Waals surface area contributed by atoms with Crippen molar-refractivity contribution in [2.24, 2.45) is 0 Å². The maximum Gasteiger partial charge on any atom is 0.349 e. The minimum Gasteiger partial charge on any atom is -0.462 e. The van der Waals surface area contributed by atoms with Crippen LogP contribution in [0.1, 0.15) is 109 Å². The van der Waals surface area contributed by atoms with E-state index < -0.39 is 11.9 Å². The van der Waals surface area contributed by atoms with E-state index in [0.29, 0.717) is 34.7 Å². The van der Waals surface area contributed by atoms with Crippen molar-refractivity contribution in [1.82, 2.24) is 9.55 Å². The van der Waals surface area contributed by atoms with Crippen molar-refractivity contribution >= 4 is 33.7 Å². The molecular weight excluding hydrogens is 516 g/mol. The summed E-state index contributed by atoms with van der Waals surface area (Å²) in [6.45, 7) is 4.44. The second-order valence-electron chi connectivity index (χ2n) is 11.3. The van der Waals surface area contributed by atoms with E-state index in [9.17, 15) is 14.4 Å². The monoisotopic (exact) mass is 552 g/mol. The van der Waals surface area contributed by atoms with Crippen LogP contribution in [-0.2, 0) is 11.3 Å². The first-order valence-corrected chi connectivity index (χ1v) is 15.0. The molecule has 7 nitrogen and oxygen atoms in total. The number of fused-ring (bicyclic) bond motifs is 2. The summed E-state index contributed by atoms with van der Waals surface area (Å²) in [4.78, 5) is 45.0. The number of esters is 2. The van der Waals surface area contributed by atoms with Crippen LogP contribution in [-0.4, -0.2) is 28.1 Å². The second kappa shape index (κ2) is 11.5. The molecule has 0 unspecified atom stereocenters. The molecule has 41 heavy (non-hydrogen) atoms. The minimum absolute atomic E-state index is 0.0605. The molecule has 4 aromatic rings. The van der Waals surface area contributed by atoms with Crippen LogP contribution in [0.4, 0.5) is 0 Å². The van der Waals surface area contributed by atoms with Gasteiger partial charge in [-0.2, -0.15) is 0 Å². The van der Waals surface area contributed by atoms with Gasteiger partial charge in [-0.05, 0) is 86.8 Å². The maximum atomic E-state index is 13.8.